The third kappa shape index (κ3) is 2.91. The standard InChI is InChI=1S/C8H15NO2/c1-3-8(2)11-9-4-6-10-7-5-9/h2-7H2,1H3. The third-order valence-electron chi connectivity index (χ3n) is 1.62. The van der Waals surface area contributed by atoms with E-state index in [9.17, 15) is 0 Å². The van der Waals surface area contributed by atoms with Crippen LogP contribution in [0.1, 0.15) is 13.3 Å². The molecular weight excluding hydrogens is 142 g/mol. The molecule has 0 aliphatic carbocycles. The minimum Gasteiger partial charge on any atom is -0.411 e. The predicted molar refractivity (Wildman–Crippen MR) is 42.9 cm³/mol. The number of hydrogen-bond donors (Lipinski definition) is 0. The molecular formula is C8H15NO2. The number of hydrogen-bond acceptors (Lipinski definition) is 3. The fourth-order valence-corrected chi connectivity index (χ4v) is 0.885. The van der Waals surface area contributed by atoms with E-state index in [0.29, 0.717) is 0 Å². The summed E-state index contributed by atoms with van der Waals surface area (Å²) in [5.74, 6) is 0.826. The van der Waals surface area contributed by atoms with E-state index >= 15 is 0 Å². The number of allylic oxidation sites excluding steroid dienone is 1. The fourth-order valence-electron chi connectivity index (χ4n) is 0.885. The minimum atomic E-state index is 0.761. The minimum absolute atomic E-state index is 0.761. The Morgan fingerprint density at radius 1 is 1.55 bits per heavy atom. The summed E-state index contributed by atoms with van der Waals surface area (Å²) in [5, 5.41) is 1.90. The summed E-state index contributed by atoms with van der Waals surface area (Å²) in [6.45, 7) is 9.01. The van der Waals surface area contributed by atoms with Crippen molar-refractivity contribution < 1.29 is 9.57 Å². The summed E-state index contributed by atoms with van der Waals surface area (Å²) in [6, 6.07) is 0. The lowest BCUT2D eigenvalue weighted by atomic mass is 10.4. The van der Waals surface area contributed by atoms with Gasteiger partial charge in [0.2, 0.25) is 0 Å². The molecule has 3 nitrogen and oxygen atoms in total. The van der Waals surface area contributed by atoms with Crippen LogP contribution < -0.4 is 0 Å². The molecule has 0 radical (unpaired) electrons. The maximum atomic E-state index is 5.40. The maximum absolute atomic E-state index is 5.40. The van der Waals surface area contributed by atoms with Crippen LogP contribution in [-0.4, -0.2) is 31.4 Å². The van der Waals surface area contributed by atoms with Gasteiger partial charge in [0.1, 0.15) is 5.76 Å². The molecule has 3 heteroatoms. The summed E-state index contributed by atoms with van der Waals surface area (Å²) in [6.07, 6.45) is 0.872. The first kappa shape index (κ1) is 8.56. The molecule has 1 aliphatic rings. The van der Waals surface area contributed by atoms with Crippen molar-refractivity contribution in [1.82, 2.24) is 5.06 Å². The van der Waals surface area contributed by atoms with Crippen LogP contribution in [0, 0.1) is 0 Å². The molecule has 0 aromatic rings. The van der Waals surface area contributed by atoms with Crippen LogP contribution in [0.5, 0.6) is 0 Å². The molecule has 0 N–H and O–H groups in total. The first-order valence-electron chi connectivity index (χ1n) is 4.01. The Hall–Kier alpha value is -0.540. The molecule has 1 heterocycles. The summed E-state index contributed by atoms with van der Waals surface area (Å²) < 4.78 is 5.16. The molecule has 0 amide bonds. The summed E-state index contributed by atoms with van der Waals surface area (Å²) in [5.41, 5.74) is 0. The van der Waals surface area contributed by atoms with E-state index in [-0.39, 0.29) is 0 Å². The highest BCUT2D eigenvalue weighted by Crippen LogP contribution is 2.05. The molecule has 1 rings (SSSR count). The lowest BCUT2D eigenvalue weighted by Crippen LogP contribution is -2.35. The summed E-state index contributed by atoms with van der Waals surface area (Å²) in [7, 11) is 0. The second kappa shape index (κ2) is 4.36. The van der Waals surface area contributed by atoms with Gasteiger partial charge in [0.05, 0.1) is 26.3 Å². The first-order valence-corrected chi connectivity index (χ1v) is 4.01. The number of morpholine rings is 1. The van der Waals surface area contributed by atoms with Crippen LogP contribution in [-0.2, 0) is 9.57 Å². The summed E-state index contributed by atoms with van der Waals surface area (Å²) >= 11 is 0. The molecule has 64 valence electrons. The Kier molecular flexibility index (Phi) is 3.39. The van der Waals surface area contributed by atoms with Crippen LogP contribution in [0.3, 0.4) is 0 Å². The van der Waals surface area contributed by atoms with Crippen molar-refractivity contribution in [1.29, 1.82) is 0 Å². The lowest BCUT2D eigenvalue weighted by molar-refractivity contribution is -0.164. The predicted octanol–water partition coefficient (Wildman–Crippen LogP) is 1.17. The molecule has 0 bridgehead atoms. The van der Waals surface area contributed by atoms with Gasteiger partial charge in [-0.3, -0.25) is 0 Å². The van der Waals surface area contributed by atoms with Crippen molar-refractivity contribution in [3.8, 4) is 0 Å². The molecule has 0 saturated carbocycles. The first-order chi connectivity index (χ1) is 5.33. The highest BCUT2D eigenvalue weighted by Gasteiger charge is 2.11. The Balaban J connectivity index is 2.19. The van der Waals surface area contributed by atoms with Crippen molar-refractivity contribution in [2.75, 3.05) is 26.3 Å². The van der Waals surface area contributed by atoms with Crippen LogP contribution >= 0.6 is 0 Å². The molecule has 1 aliphatic heterocycles. The van der Waals surface area contributed by atoms with Gasteiger partial charge in [-0.2, -0.15) is 0 Å². The van der Waals surface area contributed by atoms with E-state index < -0.39 is 0 Å². The van der Waals surface area contributed by atoms with E-state index in [1.807, 2.05) is 12.0 Å². The molecule has 1 saturated heterocycles. The zero-order chi connectivity index (χ0) is 8.10. The smallest absolute Gasteiger partial charge is 0.117 e. The quantitative estimate of drug-likeness (QED) is 0.574. The van der Waals surface area contributed by atoms with Crippen LogP contribution in [0.4, 0.5) is 0 Å². The van der Waals surface area contributed by atoms with E-state index in [1.54, 1.807) is 0 Å². The number of hydroxylamine groups is 2. The van der Waals surface area contributed by atoms with Gasteiger partial charge in [-0.25, -0.2) is 0 Å². The van der Waals surface area contributed by atoms with E-state index in [1.165, 1.54) is 0 Å². The van der Waals surface area contributed by atoms with Gasteiger partial charge in [-0.05, 0) is 0 Å². The Morgan fingerprint density at radius 2 is 2.18 bits per heavy atom. The highest BCUT2D eigenvalue weighted by molar-refractivity contribution is 4.79. The maximum Gasteiger partial charge on any atom is 0.117 e. The average molecular weight is 157 g/mol. The van der Waals surface area contributed by atoms with Crippen molar-refractivity contribution in [2.45, 2.75) is 13.3 Å². The number of rotatable bonds is 3. The molecule has 0 atom stereocenters. The van der Waals surface area contributed by atoms with E-state index in [2.05, 4.69) is 6.58 Å². The average Bonchev–Trinajstić information content (AvgIpc) is 2.06. The topological polar surface area (TPSA) is 21.7 Å². The zero-order valence-corrected chi connectivity index (χ0v) is 7.01. The van der Waals surface area contributed by atoms with Crippen LogP contribution in [0.25, 0.3) is 0 Å². The number of nitrogens with zero attached hydrogens (tertiary/aromatic N) is 1. The van der Waals surface area contributed by atoms with Gasteiger partial charge in [0.15, 0.2) is 0 Å². The molecule has 11 heavy (non-hydrogen) atoms. The SMILES string of the molecule is C=C(CC)ON1CCOCC1. The molecule has 0 spiro atoms. The zero-order valence-electron chi connectivity index (χ0n) is 7.01. The van der Waals surface area contributed by atoms with Gasteiger partial charge >= 0.3 is 0 Å². The van der Waals surface area contributed by atoms with Crippen LogP contribution in [0.2, 0.25) is 0 Å². The number of ether oxygens (including phenoxy) is 1. The monoisotopic (exact) mass is 157 g/mol. The highest BCUT2D eigenvalue weighted by atomic mass is 16.7. The van der Waals surface area contributed by atoms with E-state index in [0.717, 1.165) is 38.5 Å². The molecule has 0 aromatic carbocycles. The molecule has 0 unspecified atom stereocenters. The van der Waals surface area contributed by atoms with Gasteiger partial charge in [0.25, 0.3) is 0 Å². The second-order valence-corrected chi connectivity index (χ2v) is 2.52. The largest absolute Gasteiger partial charge is 0.411 e. The van der Waals surface area contributed by atoms with Crippen molar-refractivity contribution in [3.05, 3.63) is 12.3 Å². The Bertz CT molecular complexity index is 130. The van der Waals surface area contributed by atoms with Crippen molar-refractivity contribution in [3.63, 3.8) is 0 Å². The third-order valence-corrected chi connectivity index (χ3v) is 1.62. The second-order valence-electron chi connectivity index (χ2n) is 2.52. The van der Waals surface area contributed by atoms with Crippen molar-refractivity contribution >= 4 is 0 Å². The van der Waals surface area contributed by atoms with Gasteiger partial charge < -0.3 is 9.57 Å². The van der Waals surface area contributed by atoms with E-state index in [4.69, 9.17) is 9.57 Å². The van der Waals surface area contributed by atoms with Gasteiger partial charge in [-0.1, -0.05) is 13.5 Å². The lowest BCUT2D eigenvalue weighted by Gasteiger charge is -2.26. The van der Waals surface area contributed by atoms with Gasteiger partial charge in [0, 0.05) is 6.42 Å². The summed E-state index contributed by atoms with van der Waals surface area (Å²) in [4.78, 5) is 5.40. The van der Waals surface area contributed by atoms with Crippen LogP contribution in [0.15, 0.2) is 12.3 Å². The van der Waals surface area contributed by atoms with Gasteiger partial charge in [-0.15, -0.1) is 5.06 Å². The van der Waals surface area contributed by atoms with Crippen molar-refractivity contribution in [2.24, 2.45) is 0 Å². The normalized spacial score (nSPS) is 19.7. The fraction of sp³-hybridized carbons (Fsp3) is 0.750. The Morgan fingerprint density at radius 3 is 2.73 bits per heavy atom. The molecule has 1 fully saturated rings. The Labute approximate surface area is 67.5 Å². The molecule has 0 aromatic heterocycles.